The maximum atomic E-state index is 13.6. The molecule has 1 aliphatic rings. The molecule has 34 heavy (non-hydrogen) atoms. The maximum absolute atomic E-state index is 13.6. The topological polar surface area (TPSA) is 72.8 Å². The van der Waals surface area contributed by atoms with Gasteiger partial charge in [0, 0.05) is 42.2 Å². The van der Waals surface area contributed by atoms with Crippen molar-refractivity contribution in [3.05, 3.63) is 47.0 Å². The Balaban J connectivity index is 1.90. The van der Waals surface area contributed by atoms with Crippen LogP contribution in [0.1, 0.15) is 36.8 Å². The van der Waals surface area contributed by atoms with Gasteiger partial charge in [0.15, 0.2) is 0 Å². The zero-order valence-corrected chi connectivity index (χ0v) is 21.3. The molecule has 1 aliphatic heterocycles. The van der Waals surface area contributed by atoms with Crippen LogP contribution in [-0.2, 0) is 22.5 Å². The van der Waals surface area contributed by atoms with Crippen molar-refractivity contribution in [3.63, 3.8) is 0 Å². The normalized spacial score (nSPS) is 12.6. The average molecular weight is 482 g/mol. The summed E-state index contributed by atoms with van der Waals surface area (Å²) in [6.07, 6.45) is 0.753. The minimum atomic E-state index is -0.302. The number of aromatic nitrogens is 1. The molecule has 180 valence electrons. The van der Waals surface area contributed by atoms with Gasteiger partial charge in [-0.15, -0.1) is 11.3 Å². The quantitative estimate of drug-likeness (QED) is 0.543. The Morgan fingerprint density at radius 1 is 1.18 bits per heavy atom. The molecule has 3 aromatic rings. The van der Waals surface area contributed by atoms with E-state index >= 15 is 0 Å². The fourth-order valence-electron chi connectivity index (χ4n) is 4.21. The molecule has 8 heteroatoms. The molecule has 0 saturated heterocycles. The second-order valence-corrected chi connectivity index (χ2v) is 10.3. The summed E-state index contributed by atoms with van der Waals surface area (Å²) in [5, 5.41) is 4.93. The van der Waals surface area contributed by atoms with Crippen LogP contribution in [0.5, 0.6) is 5.75 Å². The number of anilines is 1. The number of aryl methyl sites for hydroxylation is 1. The Morgan fingerprint density at radius 3 is 2.56 bits per heavy atom. The number of nitrogens with one attached hydrogen (secondary N) is 1. The number of methoxy groups -OCH3 is 2. The molecule has 2 aromatic heterocycles. The van der Waals surface area contributed by atoms with E-state index in [0.29, 0.717) is 23.7 Å². The second kappa shape index (κ2) is 9.27. The maximum Gasteiger partial charge on any atom is 0.270 e. The van der Waals surface area contributed by atoms with Gasteiger partial charge in [0.25, 0.3) is 5.91 Å². The minimum Gasteiger partial charge on any atom is -0.495 e. The highest BCUT2D eigenvalue weighted by atomic mass is 32.1. The lowest BCUT2D eigenvalue weighted by atomic mass is 9.94. The third kappa shape index (κ3) is 4.35. The molecule has 0 saturated carbocycles. The van der Waals surface area contributed by atoms with Crippen molar-refractivity contribution in [2.24, 2.45) is 0 Å². The van der Waals surface area contributed by atoms with Crippen molar-refractivity contribution >= 4 is 28.8 Å². The van der Waals surface area contributed by atoms with E-state index in [9.17, 15) is 9.59 Å². The fourth-order valence-corrected chi connectivity index (χ4v) is 4.95. The largest absolute Gasteiger partial charge is 0.495 e. The van der Waals surface area contributed by atoms with Gasteiger partial charge >= 0.3 is 0 Å². The number of ether oxygens (including phenoxy) is 2. The zero-order chi connectivity index (χ0) is 24.6. The first-order valence-corrected chi connectivity index (χ1v) is 12.1. The number of rotatable bonds is 6. The van der Waals surface area contributed by atoms with E-state index in [1.807, 2.05) is 57.5 Å². The van der Waals surface area contributed by atoms with E-state index in [1.54, 1.807) is 23.3 Å². The van der Waals surface area contributed by atoms with Crippen molar-refractivity contribution < 1.29 is 19.1 Å². The van der Waals surface area contributed by atoms with Crippen molar-refractivity contribution in [1.29, 1.82) is 0 Å². The Hall–Kier alpha value is -3.10. The van der Waals surface area contributed by atoms with Gasteiger partial charge < -0.3 is 24.3 Å². The Kier molecular flexibility index (Phi) is 6.55. The summed E-state index contributed by atoms with van der Waals surface area (Å²) in [6, 6.07) is 10.0. The summed E-state index contributed by atoms with van der Waals surface area (Å²) >= 11 is 1.64. The van der Waals surface area contributed by atoms with Gasteiger partial charge in [0.2, 0.25) is 5.91 Å². The molecule has 0 aliphatic carbocycles. The second-order valence-electron chi connectivity index (χ2n) is 9.40. The number of hydrogen-bond donors (Lipinski definition) is 1. The fraction of sp³-hybridized carbons (Fsp3) is 0.385. The summed E-state index contributed by atoms with van der Waals surface area (Å²) in [5.74, 6) is 0.333. The predicted octanol–water partition coefficient (Wildman–Crippen LogP) is 4.90. The van der Waals surface area contributed by atoms with Crippen molar-refractivity contribution in [1.82, 2.24) is 9.47 Å². The van der Waals surface area contributed by atoms with Crippen molar-refractivity contribution in [2.75, 3.05) is 33.2 Å². The van der Waals surface area contributed by atoms with E-state index in [2.05, 4.69) is 16.0 Å². The molecule has 0 bridgehead atoms. The van der Waals surface area contributed by atoms with Gasteiger partial charge in [-0.1, -0.05) is 6.07 Å². The van der Waals surface area contributed by atoms with E-state index in [4.69, 9.17) is 9.47 Å². The van der Waals surface area contributed by atoms with Crippen LogP contribution in [0.2, 0.25) is 0 Å². The number of hydrogen-bond acceptors (Lipinski definition) is 5. The van der Waals surface area contributed by atoms with Gasteiger partial charge in [-0.2, -0.15) is 0 Å². The smallest absolute Gasteiger partial charge is 0.270 e. The van der Waals surface area contributed by atoms with Gasteiger partial charge in [-0.3, -0.25) is 9.59 Å². The molecule has 3 heterocycles. The first-order valence-electron chi connectivity index (χ1n) is 11.2. The Morgan fingerprint density at radius 2 is 1.94 bits per heavy atom. The number of amides is 2. The minimum absolute atomic E-state index is 0.0119. The summed E-state index contributed by atoms with van der Waals surface area (Å²) in [4.78, 5) is 28.7. The number of fused-ring (bicyclic) bond motifs is 3. The molecule has 1 aromatic carbocycles. The molecule has 0 fully saturated rings. The SMILES string of the molecule is COCC(=O)Nc1cc2c(cc1OC)CCn1c(C(=O)N(C)C(C)(C)C)cc(-c3cccs3)c1-2. The highest BCUT2D eigenvalue weighted by Gasteiger charge is 2.32. The summed E-state index contributed by atoms with van der Waals surface area (Å²) in [5.41, 5.74) is 5.05. The van der Waals surface area contributed by atoms with Crippen LogP contribution < -0.4 is 10.1 Å². The molecule has 0 atom stereocenters. The third-order valence-electron chi connectivity index (χ3n) is 6.25. The Bertz CT molecular complexity index is 1220. The number of benzene rings is 1. The average Bonchev–Trinajstić information content (AvgIpc) is 3.45. The van der Waals surface area contributed by atoms with Gasteiger partial charge in [0.1, 0.15) is 18.1 Å². The van der Waals surface area contributed by atoms with Crippen LogP contribution in [0, 0.1) is 0 Å². The number of nitrogens with zero attached hydrogens (tertiary/aromatic N) is 2. The van der Waals surface area contributed by atoms with Crippen LogP contribution in [0.3, 0.4) is 0 Å². The first-order chi connectivity index (χ1) is 16.2. The van der Waals surface area contributed by atoms with Crippen LogP contribution >= 0.6 is 11.3 Å². The molecule has 0 radical (unpaired) electrons. The van der Waals surface area contributed by atoms with Crippen LogP contribution in [0.15, 0.2) is 35.7 Å². The number of carbonyl (C=O) groups excluding carboxylic acids is 2. The molecule has 7 nitrogen and oxygen atoms in total. The van der Waals surface area contributed by atoms with E-state index < -0.39 is 0 Å². The van der Waals surface area contributed by atoms with E-state index in [0.717, 1.165) is 33.7 Å². The lowest BCUT2D eigenvalue weighted by Gasteiger charge is -2.32. The standard InChI is InChI=1S/C26H31N3O4S/c1-26(2,3)28(4)25(31)20-14-18(22-8-7-11-34-22)24-17-13-19(27-23(30)15-32-5)21(33-6)12-16(17)9-10-29(20)24/h7-8,11-14H,9-10,15H2,1-6H3,(H,27,30). The van der Waals surface area contributed by atoms with Crippen molar-refractivity contribution in [3.8, 4) is 27.4 Å². The van der Waals surface area contributed by atoms with Crippen LogP contribution in [0.25, 0.3) is 21.7 Å². The van der Waals surface area contributed by atoms with Crippen LogP contribution in [0.4, 0.5) is 5.69 Å². The lowest BCUT2D eigenvalue weighted by molar-refractivity contribution is -0.119. The molecule has 4 rings (SSSR count). The first kappa shape index (κ1) is 24.0. The molecular weight excluding hydrogens is 450 g/mol. The van der Waals surface area contributed by atoms with Crippen LogP contribution in [-0.4, -0.2) is 54.7 Å². The van der Waals surface area contributed by atoms with Gasteiger partial charge in [-0.25, -0.2) is 0 Å². The Labute approximate surface area is 204 Å². The highest BCUT2D eigenvalue weighted by Crippen LogP contribution is 2.44. The van der Waals surface area contributed by atoms with E-state index in [-0.39, 0.29) is 24.0 Å². The molecular formula is C26H31N3O4S. The molecule has 0 unspecified atom stereocenters. The predicted molar refractivity (Wildman–Crippen MR) is 136 cm³/mol. The number of thiophene rings is 1. The molecule has 0 spiro atoms. The summed E-state index contributed by atoms with van der Waals surface area (Å²) in [6.45, 7) is 6.73. The van der Waals surface area contributed by atoms with E-state index in [1.165, 1.54) is 7.11 Å². The molecule has 2 amide bonds. The van der Waals surface area contributed by atoms with Gasteiger partial charge in [-0.05, 0) is 62.4 Å². The van der Waals surface area contributed by atoms with Gasteiger partial charge in [0.05, 0.1) is 18.5 Å². The zero-order valence-electron chi connectivity index (χ0n) is 20.5. The number of carbonyl (C=O) groups is 2. The summed E-state index contributed by atoms with van der Waals surface area (Å²) in [7, 11) is 4.92. The lowest BCUT2D eigenvalue weighted by Crippen LogP contribution is -2.43. The monoisotopic (exact) mass is 481 g/mol. The summed E-state index contributed by atoms with van der Waals surface area (Å²) < 4.78 is 12.7. The molecule has 1 N–H and O–H groups in total. The highest BCUT2D eigenvalue weighted by molar-refractivity contribution is 7.13. The van der Waals surface area contributed by atoms with Crippen molar-refractivity contribution in [2.45, 2.75) is 39.3 Å². The third-order valence-corrected chi connectivity index (χ3v) is 7.15.